The third-order valence-electron chi connectivity index (χ3n) is 4.86. The maximum absolute atomic E-state index is 13.6. The van der Waals surface area contributed by atoms with E-state index in [0.717, 1.165) is 10.8 Å². The summed E-state index contributed by atoms with van der Waals surface area (Å²) in [6.07, 6.45) is -1.04. The smallest absolute Gasteiger partial charge is 0.351 e. The predicted octanol–water partition coefficient (Wildman–Crippen LogP) is 1.63. The van der Waals surface area contributed by atoms with Crippen LogP contribution in [-0.2, 0) is 9.16 Å². The zero-order valence-electron chi connectivity index (χ0n) is 14.7. The Morgan fingerprint density at radius 2 is 2.17 bits per heavy atom. The number of ether oxygens (including phenoxy) is 1. The van der Waals surface area contributed by atoms with Crippen LogP contribution in [0.4, 0.5) is 10.2 Å². The molecule has 136 valence electrons. The van der Waals surface area contributed by atoms with Crippen molar-refractivity contribution in [2.45, 2.75) is 63.8 Å². The number of nitrogens with two attached hydrogens (primary N) is 1. The lowest BCUT2D eigenvalue weighted by Gasteiger charge is -2.37. The van der Waals surface area contributed by atoms with E-state index in [-0.39, 0.29) is 18.1 Å². The second kappa shape index (κ2) is 6.55. The van der Waals surface area contributed by atoms with Crippen molar-refractivity contribution in [1.82, 2.24) is 9.55 Å². The Balaban J connectivity index is 2.08. The van der Waals surface area contributed by atoms with Crippen molar-refractivity contribution >= 4 is 14.1 Å². The van der Waals surface area contributed by atoms with E-state index in [1.165, 1.54) is 0 Å². The van der Waals surface area contributed by atoms with Crippen LogP contribution in [0.5, 0.6) is 0 Å². The molecule has 1 aromatic heterocycles. The van der Waals surface area contributed by atoms with Gasteiger partial charge in [-0.15, -0.1) is 0 Å². The van der Waals surface area contributed by atoms with Crippen molar-refractivity contribution < 1.29 is 18.7 Å². The summed E-state index contributed by atoms with van der Waals surface area (Å²) in [6.45, 7) is 10.8. The molecule has 1 saturated heterocycles. The van der Waals surface area contributed by atoms with Gasteiger partial charge in [-0.05, 0) is 18.1 Å². The van der Waals surface area contributed by atoms with Gasteiger partial charge in [0.15, 0.2) is 20.0 Å². The predicted molar refractivity (Wildman–Crippen MR) is 90.6 cm³/mol. The van der Waals surface area contributed by atoms with Gasteiger partial charge in [-0.25, -0.2) is 9.18 Å². The van der Waals surface area contributed by atoms with Crippen molar-refractivity contribution in [2.75, 3.05) is 12.3 Å². The third-order valence-corrected chi connectivity index (χ3v) is 9.36. The quantitative estimate of drug-likeness (QED) is 0.793. The van der Waals surface area contributed by atoms with Crippen LogP contribution in [0.1, 0.15) is 33.4 Å². The fourth-order valence-electron chi connectivity index (χ4n) is 2.21. The number of aliphatic hydroxyl groups excluding tert-OH is 1. The lowest BCUT2D eigenvalue weighted by atomic mass is 10.2. The van der Waals surface area contributed by atoms with Crippen LogP contribution in [-0.4, -0.2) is 41.8 Å². The van der Waals surface area contributed by atoms with Crippen molar-refractivity contribution in [3.05, 3.63) is 22.5 Å². The van der Waals surface area contributed by atoms with Gasteiger partial charge in [0.05, 0.1) is 18.9 Å². The number of rotatable bonds is 4. The molecule has 3 N–H and O–H groups in total. The number of nitrogen functional groups attached to an aromatic ring is 1. The molecule has 0 saturated carbocycles. The molecule has 0 spiro atoms. The van der Waals surface area contributed by atoms with Gasteiger partial charge in [0.2, 0.25) is 0 Å². The largest absolute Gasteiger partial charge is 0.414 e. The van der Waals surface area contributed by atoms with E-state index >= 15 is 0 Å². The highest BCUT2D eigenvalue weighted by atomic mass is 28.4. The molecule has 24 heavy (non-hydrogen) atoms. The third kappa shape index (κ3) is 3.85. The monoisotopic (exact) mass is 359 g/mol. The first-order valence-corrected chi connectivity index (χ1v) is 10.8. The number of hydrogen-bond acceptors (Lipinski definition) is 6. The molecule has 3 atom stereocenters. The first kappa shape index (κ1) is 19.0. The molecule has 1 aliphatic heterocycles. The highest BCUT2D eigenvalue weighted by Gasteiger charge is 2.41. The van der Waals surface area contributed by atoms with Crippen molar-refractivity contribution in [2.24, 2.45) is 0 Å². The van der Waals surface area contributed by atoms with Gasteiger partial charge >= 0.3 is 5.69 Å². The Morgan fingerprint density at radius 3 is 2.75 bits per heavy atom. The van der Waals surface area contributed by atoms with Crippen LogP contribution < -0.4 is 11.4 Å². The highest BCUT2D eigenvalue weighted by molar-refractivity contribution is 6.74. The van der Waals surface area contributed by atoms with E-state index in [1.54, 1.807) is 0 Å². The summed E-state index contributed by atoms with van der Waals surface area (Å²) in [5.74, 6) is -1.25. The van der Waals surface area contributed by atoms with E-state index < -0.39 is 44.1 Å². The summed E-state index contributed by atoms with van der Waals surface area (Å²) in [6, 6.07) is 0. The summed E-state index contributed by atoms with van der Waals surface area (Å²) in [4.78, 5) is 15.3. The lowest BCUT2D eigenvalue weighted by molar-refractivity contribution is -0.0434. The molecular weight excluding hydrogens is 333 g/mol. The molecular formula is C15H26FN3O4Si. The molecule has 0 amide bonds. The molecule has 2 rings (SSSR count). The van der Waals surface area contributed by atoms with E-state index in [9.17, 15) is 14.3 Å². The molecule has 2 heterocycles. The summed E-state index contributed by atoms with van der Waals surface area (Å²) >= 11 is 0. The minimum absolute atomic E-state index is 0.0386. The first-order chi connectivity index (χ1) is 10.9. The molecule has 0 aliphatic carbocycles. The van der Waals surface area contributed by atoms with Crippen LogP contribution in [0.15, 0.2) is 11.0 Å². The Morgan fingerprint density at radius 1 is 1.54 bits per heavy atom. The fraction of sp³-hybridized carbons (Fsp3) is 0.733. The number of halogens is 1. The summed E-state index contributed by atoms with van der Waals surface area (Å²) in [5.41, 5.74) is 4.56. The molecule has 1 aromatic rings. The highest BCUT2D eigenvalue weighted by Crippen LogP contribution is 2.37. The van der Waals surface area contributed by atoms with E-state index in [2.05, 4.69) is 38.8 Å². The minimum atomic E-state index is -1.98. The van der Waals surface area contributed by atoms with Gasteiger partial charge < -0.3 is 20.0 Å². The minimum Gasteiger partial charge on any atom is -0.414 e. The molecule has 0 radical (unpaired) electrons. The number of anilines is 1. The van der Waals surface area contributed by atoms with Crippen LogP contribution in [0.3, 0.4) is 0 Å². The van der Waals surface area contributed by atoms with Gasteiger partial charge in [-0.2, -0.15) is 4.98 Å². The van der Waals surface area contributed by atoms with E-state index in [0.29, 0.717) is 0 Å². The van der Waals surface area contributed by atoms with Crippen molar-refractivity contribution in [3.8, 4) is 0 Å². The van der Waals surface area contributed by atoms with Crippen molar-refractivity contribution in [1.29, 1.82) is 0 Å². The fourth-order valence-corrected chi connectivity index (χ4v) is 3.22. The second-order valence-corrected chi connectivity index (χ2v) is 12.5. The molecule has 0 bridgehead atoms. The molecule has 1 unspecified atom stereocenters. The van der Waals surface area contributed by atoms with Crippen molar-refractivity contribution in [3.63, 3.8) is 0 Å². The van der Waals surface area contributed by atoms with Gasteiger partial charge in [0.1, 0.15) is 12.3 Å². The summed E-state index contributed by atoms with van der Waals surface area (Å²) in [5, 5.41) is 10.2. The lowest BCUT2D eigenvalue weighted by Crippen LogP contribution is -2.43. The Kier molecular flexibility index (Phi) is 5.19. The normalized spacial score (nSPS) is 25.2. The number of nitrogens with zero attached hydrogens (tertiary/aromatic N) is 2. The molecule has 1 fully saturated rings. The van der Waals surface area contributed by atoms with Crippen LogP contribution in [0.2, 0.25) is 18.1 Å². The van der Waals surface area contributed by atoms with Gasteiger partial charge in [-0.1, -0.05) is 20.8 Å². The zero-order chi connectivity index (χ0) is 18.3. The zero-order valence-corrected chi connectivity index (χ0v) is 15.7. The number of aromatic nitrogens is 2. The summed E-state index contributed by atoms with van der Waals surface area (Å²) < 4.78 is 26.3. The molecule has 9 heteroatoms. The van der Waals surface area contributed by atoms with E-state index in [4.69, 9.17) is 14.9 Å². The topological polar surface area (TPSA) is 99.6 Å². The number of aliphatic hydroxyl groups is 1. The summed E-state index contributed by atoms with van der Waals surface area (Å²) in [7, 11) is -1.98. The Bertz CT molecular complexity index is 659. The standard InChI is InChI=1S/C15H26FN3O4Si/c1-15(2,3)24(4,5)22-8-11-10(20)6-12(23-11)19-7-9(16)13(17)18-14(19)21/h7,10-12,20H,6,8H2,1-5H3,(H2,17,18,21)/t10?,11-,12-/m0/s1. The average Bonchev–Trinajstić information content (AvgIpc) is 2.80. The number of hydrogen-bond donors (Lipinski definition) is 2. The van der Waals surface area contributed by atoms with Crippen LogP contribution in [0, 0.1) is 5.82 Å². The Labute approximate surface area is 141 Å². The second-order valence-electron chi connectivity index (χ2n) is 7.67. The maximum Gasteiger partial charge on any atom is 0.351 e. The van der Waals surface area contributed by atoms with Crippen LogP contribution in [0.25, 0.3) is 0 Å². The van der Waals surface area contributed by atoms with E-state index in [1.807, 2.05) is 0 Å². The Hall–Kier alpha value is -1.29. The average molecular weight is 359 g/mol. The molecule has 0 aromatic carbocycles. The molecule has 7 nitrogen and oxygen atoms in total. The van der Waals surface area contributed by atoms with Crippen LogP contribution >= 0.6 is 0 Å². The SMILES string of the molecule is CC(C)(C)[Si](C)(C)OC[C@@H]1O[C@H](n2cc(F)c(N)nc2=O)CC1O. The molecule has 1 aliphatic rings. The maximum atomic E-state index is 13.6. The van der Waals surface area contributed by atoms with Gasteiger partial charge in [-0.3, -0.25) is 4.57 Å². The van der Waals surface area contributed by atoms with Gasteiger partial charge in [0, 0.05) is 6.42 Å². The first-order valence-electron chi connectivity index (χ1n) is 7.94. The van der Waals surface area contributed by atoms with Gasteiger partial charge in [0.25, 0.3) is 0 Å².